The van der Waals surface area contributed by atoms with E-state index in [1.807, 2.05) is 24.3 Å². The van der Waals surface area contributed by atoms with Gasteiger partial charge in [-0.25, -0.2) is 0 Å². The number of hydrogen-bond donors (Lipinski definition) is 0. The van der Waals surface area contributed by atoms with Crippen LogP contribution < -0.4 is 0 Å². The second kappa shape index (κ2) is 17.5. The van der Waals surface area contributed by atoms with E-state index < -0.39 is 0 Å². The van der Waals surface area contributed by atoms with Crippen molar-refractivity contribution in [2.24, 2.45) is 9.98 Å². The molecule has 43 heavy (non-hydrogen) atoms. The first-order chi connectivity index (χ1) is 20.4. The maximum atomic E-state index is 7.43. The quantitative estimate of drug-likeness (QED) is 0.0668. The van der Waals surface area contributed by atoms with Gasteiger partial charge in [0.2, 0.25) is 0 Å². The van der Waals surface area contributed by atoms with E-state index in [-0.39, 0.29) is 17.1 Å². The standard InChI is InChI=1S/2C12H6Cl2N2.2C2N3.Cu/c2*13-9-3-5-15-11-7(9)1-2-8-10(14)4-6-16-12(8)11;2*3-1-5-2-4;/h2*1-6H;;;/q;;2*-1;+2. The molecule has 0 saturated carbocycles. The van der Waals surface area contributed by atoms with Crippen LogP contribution in [0, 0.1) is 22.9 Å². The van der Waals surface area contributed by atoms with Crippen molar-refractivity contribution in [3.05, 3.63) is 104 Å². The average molecular weight is 694 g/mol. The van der Waals surface area contributed by atoms with Crippen LogP contribution in [0.3, 0.4) is 0 Å². The summed E-state index contributed by atoms with van der Waals surface area (Å²) in [4.78, 5) is 22.4. The summed E-state index contributed by atoms with van der Waals surface area (Å²) in [6.07, 6.45) is 9.26. The molecule has 0 bridgehead atoms. The van der Waals surface area contributed by atoms with Gasteiger partial charge in [-0.2, -0.15) is 10.5 Å². The Morgan fingerprint density at radius 3 is 0.884 bits per heavy atom. The first-order valence-corrected chi connectivity index (χ1v) is 12.8. The van der Waals surface area contributed by atoms with E-state index in [0.29, 0.717) is 20.1 Å². The van der Waals surface area contributed by atoms with Crippen molar-refractivity contribution in [2.45, 2.75) is 0 Å². The number of nitriles is 2. The van der Waals surface area contributed by atoms with Gasteiger partial charge in [0.25, 0.3) is 0 Å². The molecular weight excluding hydrogens is 682 g/mol. The largest absolute Gasteiger partial charge is 2.00 e. The summed E-state index contributed by atoms with van der Waals surface area (Å²) in [7, 11) is 0. The van der Waals surface area contributed by atoms with Gasteiger partial charge in [0, 0.05) is 46.3 Å². The molecule has 213 valence electrons. The van der Waals surface area contributed by atoms with Crippen molar-refractivity contribution in [1.29, 1.82) is 10.5 Å². The fourth-order valence-corrected chi connectivity index (χ4v) is 4.40. The fourth-order valence-electron chi connectivity index (χ4n) is 3.57. The van der Waals surface area contributed by atoms with E-state index in [1.54, 1.807) is 49.1 Å². The Morgan fingerprint density at radius 2 is 0.721 bits per heavy atom. The molecule has 0 aliphatic carbocycles. The zero-order valence-electron chi connectivity index (χ0n) is 21.2. The first-order valence-electron chi connectivity index (χ1n) is 11.3. The SMILES string of the molecule is Clc1ccnc2c1ccc1c(Cl)ccnc12.Clc1ccnc2c1ccc1c(Cl)ccnc12.N#CN=C=[N-].N#CN=C=[N-].[Cu+2]. The topological polar surface area (TPSA) is 168 Å². The summed E-state index contributed by atoms with van der Waals surface area (Å²) >= 11 is 24.4. The smallest absolute Gasteiger partial charge is 0.422 e. The Hall–Kier alpha value is -4.50. The number of nitrogens with zero attached hydrogens (tertiary/aromatic N) is 10. The molecule has 4 heterocycles. The molecule has 0 fully saturated rings. The minimum Gasteiger partial charge on any atom is -0.422 e. The first kappa shape index (κ1) is 34.7. The van der Waals surface area contributed by atoms with E-state index in [9.17, 15) is 0 Å². The van der Waals surface area contributed by atoms with Crippen LogP contribution in [0.25, 0.3) is 54.4 Å². The Bertz CT molecular complexity index is 1830. The van der Waals surface area contributed by atoms with Gasteiger partial charge in [-0.1, -0.05) is 70.7 Å². The summed E-state index contributed by atoms with van der Waals surface area (Å²) < 4.78 is 0. The molecule has 4 aromatic heterocycles. The molecule has 0 N–H and O–H groups in total. The maximum absolute atomic E-state index is 7.43. The van der Waals surface area contributed by atoms with Gasteiger partial charge >= 0.3 is 17.1 Å². The molecule has 1 radical (unpaired) electrons. The number of aromatic nitrogens is 4. The van der Waals surface area contributed by atoms with Crippen LogP contribution in [-0.4, -0.2) is 32.0 Å². The number of fused-ring (bicyclic) bond motifs is 6. The second-order valence-corrected chi connectivity index (χ2v) is 9.14. The van der Waals surface area contributed by atoms with Crippen molar-refractivity contribution >= 4 is 102 Å². The third kappa shape index (κ3) is 8.75. The summed E-state index contributed by atoms with van der Waals surface area (Å²) in [6.45, 7) is 0. The molecule has 6 aromatic rings. The Kier molecular flexibility index (Phi) is 14.1. The van der Waals surface area contributed by atoms with E-state index >= 15 is 0 Å². The molecular formula is C28H12Cl4CuN10. The summed E-state index contributed by atoms with van der Waals surface area (Å²) in [5.74, 6) is 0. The molecule has 0 atom stereocenters. The molecule has 6 rings (SSSR count). The number of benzene rings is 2. The van der Waals surface area contributed by atoms with Crippen LogP contribution in [-0.2, 0) is 17.1 Å². The third-order valence-corrected chi connectivity index (χ3v) is 6.55. The Morgan fingerprint density at radius 1 is 0.488 bits per heavy atom. The molecule has 0 aliphatic rings. The fraction of sp³-hybridized carbons (Fsp3) is 0. The van der Waals surface area contributed by atoms with Gasteiger partial charge in [-0.3, -0.25) is 19.9 Å². The monoisotopic (exact) mass is 691 g/mol. The summed E-state index contributed by atoms with van der Waals surface area (Å²) in [5.41, 5.74) is 3.14. The number of pyridine rings is 4. The minimum atomic E-state index is 0. The average Bonchev–Trinajstić information content (AvgIpc) is 3.00. The second-order valence-electron chi connectivity index (χ2n) is 7.51. The van der Waals surface area contributed by atoms with Gasteiger partial charge < -0.3 is 20.8 Å². The predicted octanol–water partition coefficient (Wildman–Crippen LogP) is 8.60. The van der Waals surface area contributed by atoms with Gasteiger partial charge in [-0.15, -0.1) is 12.0 Å². The van der Waals surface area contributed by atoms with Crippen LogP contribution in [0.2, 0.25) is 20.1 Å². The maximum Gasteiger partial charge on any atom is 2.00 e. The normalized spacial score (nSPS) is 9.16. The zero-order valence-corrected chi connectivity index (χ0v) is 25.2. The molecule has 10 nitrogen and oxygen atoms in total. The van der Waals surface area contributed by atoms with Gasteiger partial charge in [0.05, 0.1) is 54.5 Å². The van der Waals surface area contributed by atoms with Crippen LogP contribution in [0.5, 0.6) is 0 Å². The number of rotatable bonds is 0. The Labute approximate surface area is 274 Å². The van der Waals surface area contributed by atoms with Crippen LogP contribution in [0.4, 0.5) is 0 Å². The molecule has 2 aromatic carbocycles. The van der Waals surface area contributed by atoms with E-state index in [1.165, 1.54) is 24.4 Å². The predicted molar refractivity (Wildman–Crippen MR) is 167 cm³/mol. The molecule has 0 aliphatic heterocycles. The molecule has 0 saturated heterocycles. The van der Waals surface area contributed by atoms with Crippen LogP contribution in [0.1, 0.15) is 0 Å². The number of aliphatic imine (C=N–C) groups is 2. The van der Waals surface area contributed by atoms with Crippen molar-refractivity contribution in [3.63, 3.8) is 0 Å². The molecule has 0 unspecified atom stereocenters. The minimum absolute atomic E-state index is 0. The Balaban J connectivity index is 0.000000226. The number of halogens is 4. The van der Waals surface area contributed by atoms with Crippen LogP contribution in [0.15, 0.2) is 83.3 Å². The van der Waals surface area contributed by atoms with Crippen molar-refractivity contribution < 1.29 is 17.1 Å². The van der Waals surface area contributed by atoms with E-state index in [2.05, 4.69) is 29.9 Å². The van der Waals surface area contributed by atoms with E-state index in [0.717, 1.165) is 43.6 Å². The zero-order chi connectivity index (χ0) is 30.5. The summed E-state index contributed by atoms with van der Waals surface area (Å²) in [5, 5.41) is 36.0. The molecule has 15 heteroatoms. The third-order valence-electron chi connectivity index (χ3n) is 5.23. The van der Waals surface area contributed by atoms with Crippen LogP contribution >= 0.6 is 46.4 Å². The van der Waals surface area contributed by atoms with Crippen molar-refractivity contribution in [3.8, 4) is 12.4 Å². The van der Waals surface area contributed by atoms with Crippen molar-refractivity contribution in [2.75, 3.05) is 0 Å². The van der Waals surface area contributed by atoms with Gasteiger partial charge in [0.15, 0.2) is 0 Å². The van der Waals surface area contributed by atoms with Crippen molar-refractivity contribution in [1.82, 2.24) is 19.9 Å². The van der Waals surface area contributed by atoms with Gasteiger partial charge in [0.1, 0.15) is 0 Å². The summed E-state index contributed by atoms with van der Waals surface area (Å²) in [6, 6.07) is 17.3. The number of hydrogen-bond acceptors (Lipinski definition) is 8. The molecule has 0 amide bonds. The van der Waals surface area contributed by atoms with Gasteiger partial charge in [-0.05, 0) is 24.3 Å². The van der Waals surface area contributed by atoms with E-state index in [4.69, 9.17) is 67.7 Å². The molecule has 0 spiro atoms.